The third kappa shape index (κ3) is 10.4. The minimum absolute atomic E-state index is 0.0663. The first-order valence-corrected chi connectivity index (χ1v) is 16.0. The number of hydroxylamine groups is 2. The Hall–Kier alpha value is -2.56. The molecule has 224 valence electrons. The van der Waals surface area contributed by atoms with E-state index in [2.05, 4.69) is 59.8 Å². The van der Waals surface area contributed by atoms with Gasteiger partial charge in [-0.2, -0.15) is 5.06 Å². The zero-order valence-corrected chi connectivity index (χ0v) is 26.2. The maximum absolute atomic E-state index is 13.9. The van der Waals surface area contributed by atoms with Crippen molar-refractivity contribution >= 4 is 11.9 Å². The monoisotopic (exact) mass is 553 g/mol. The molecule has 1 aliphatic rings. The summed E-state index contributed by atoms with van der Waals surface area (Å²) in [6.07, 6.45) is 20.4. The van der Waals surface area contributed by atoms with Crippen LogP contribution in [0.5, 0.6) is 0 Å². The normalized spacial score (nSPS) is 13.6. The Kier molecular flexibility index (Phi) is 15.1. The van der Waals surface area contributed by atoms with E-state index in [0.717, 1.165) is 67.5 Å². The molecule has 5 nitrogen and oxygen atoms in total. The lowest BCUT2D eigenvalue weighted by molar-refractivity contribution is -0.0713. The van der Waals surface area contributed by atoms with Gasteiger partial charge in [0, 0.05) is 0 Å². The Bertz CT molecular complexity index is 981. The second kappa shape index (κ2) is 18.0. The van der Waals surface area contributed by atoms with E-state index in [9.17, 15) is 14.7 Å². The molecule has 2 rings (SSSR count). The van der Waals surface area contributed by atoms with Gasteiger partial charge in [-0.25, -0.2) is 9.59 Å². The summed E-state index contributed by atoms with van der Waals surface area (Å²) in [5.41, 5.74) is 3.97. The number of carboxylic acid groups (broad SMARTS) is 1. The van der Waals surface area contributed by atoms with Crippen molar-refractivity contribution in [2.24, 2.45) is 11.8 Å². The van der Waals surface area contributed by atoms with E-state index in [1.807, 2.05) is 0 Å². The van der Waals surface area contributed by atoms with Crippen LogP contribution in [0.25, 0.3) is 0 Å². The predicted octanol–water partition coefficient (Wildman–Crippen LogP) is 10.0. The van der Waals surface area contributed by atoms with E-state index in [-0.39, 0.29) is 23.0 Å². The Morgan fingerprint density at radius 3 is 1.77 bits per heavy atom. The van der Waals surface area contributed by atoms with Gasteiger partial charge in [0.05, 0.1) is 22.5 Å². The second-order valence-electron chi connectivity index (χ2n) is 12.0. The predicted molar refractivity (Wildman–Crippen MR) is 165 cm³/mol. The molecular formula is C35H55NO4. The number of unbranched alkanes of at least 4 members (excludes halogenated alkanes) is 10. The molecule has 0 fully saturated rings. The van der Waals surface area contributed by atoms with E-state index in [4.69, 9.17) is 4.84 Å². The Balaban J connectivity index is 2.36. The van der Waals surface area contributed by atoms with Crippen LogP contribution in [0.4, 0.5) is 0 Å². The summed E-state index contributed by atoms with van der Waals surface area (Å²) in [6, 6.07) is 3.79. The summed E-state index contributed by atoms with van der Waals surface area (Å²) < 4.78 is 0. The Morgan fingerprint density at radius 1 is 0.775 bits per heavy atom. The topological polar surface area (TPSA) is 66.8 Å². The summed E-state index contributed by atoms with van der Waals surface area (Å²) in [5, 5.41) is 11.9. The van der Waals surface area contributed by atoms with Gasteiger partial charge in [-0.15, -0.1) is 0 Å². The molecule has 0 aromatic heterocycles. The number of aryl methyl sites for hydroxylation is 2. The van der Waals surface area contributed by atoms with Crippen LogP contribution in [-0.2, 0) is 17.7 Å². The number of rotatable bonds is 19. The van der Waals surface area contributed by atoms with Crippen LogP contribution in [-0.4, -0.2) is 22.1 Å². The SMILES string of the molecule is CCCCCCCCc1cc(CCCCCCCC)c(C(=O)ON2C(C(C)C)=CCC=C2C(C)C)c(C(=O)O)c1. The molecule has 1 aromatic carbocycles. The van der Waals surface area contributed by atoms with Crippen molar-refractivity contribution in [1.29, 1.82) is 0 Å². The van der Waals surface area contributed by atoms with Gasteiger partial charge in [-0.1, -0.05) is 124 Å². The molecule has 0 spiro atoms. The molecule has 40 heavy (non-hydrogen) atoms. The highest BCUT2D eigenvalue weighted by Crippen LogP contribution is 2.32. The molecule has 0 aliphatic carbocycles. The van der Waals surface area contributed by atoms with Gasteiger partial charge < -0.3 is 9.94 Å². The minimum Gasteiger partial charge on any atom is -0.478 e. The van der Waals surface area contributed by atoms with Crippen LogP contribution < -0.4 is 0 Å². The molecule has 1 aliphatic heterocycles. The number of allylic oxidation sites excluding steroid dienone is 4. The molecule has 0 saturated heterocycles. The van der Waals surface area contributed by atoms with Crippen molar-refractivity contribution in [2.45, 2.75) is 138 Å². The largest absolute Gasteiger partial charge is 0.478 e. The standard InChI is InChI=1S/C35H55NO4/c1-7-9-11-13-15-17-20-28-24-29(21-18-16-14-12-10-8-2)33(30(25-28)34(37)38)35(39)40-36-31(26(3)4)22-19-23-32(36)27(5)6/h22-27H,7-21H2,1-6H3,(H,37,38). The number of hydrogen-bond donors (Lipinski definition) is 1. The van der Waals surface area contributed by atoms with Gasteiger partial charge >= 0.3 is 11.9 Å². The quantitative estimate of drug-likeness (QED) is 0.173. The maximum atomic E-state index is 13.9. The molecule has 1 N–H and O–H groups in total. The van der Waals surface area contributed by atoms with Crippen LogP contribution in [0.3, 0.4) is 0 Å². The highest BCUT2D eigenvalue weighted by Gasteiger charge is 2.30. The Morgan fingerprint density at radius 2 is 1.27 bits per heavy atom. The molecule has 0 bridgehead atoms. The third-order valence-electron chi connectivity index (χ3n) is 7.81. The molecule has 5 heteroatoms. The minimum atomic E-state index is -1.07. The van der Waals surface area contributed by atoms with E-state index >= 15 is 0 Å². The number of hydrogen-bond acceptors (Lipinski definition) is 4. The van der Waals surface area contributed by atoms with Crippen LogP contribution in [0, 0.1) is 11.8 Å². The zero-order valence-electron chi connectivity index (χ0n) is 26.2. The van der Waals surface area contributed by atoms with Crippen LogP contribution >= 0.6 is 0 Å². The molecule has 0 amide bonds. The lowest BCUT2D eigenvalue weighted by Crippen LogP contribution is -2.33. The molecule has 0 atom stereocenters. The number of nitrogens with zero attached hydrogens (tertiary/aromatic N) is 1. The number of benzene rings is 1. The summed E-state index contributed by atoms with van der Waals surface area (Å²) in [4.78, 5) is 32.5. The molecule has 1 aromatic rings. The second-order valence-corrected chi connectivity index (χ2v) is 12.0. The van der Waals surface area contributed by atoms with E-state index in [1.54, 1.807) is 11.1 Å². The number of aromatic carboxylic acids is 1. The molecule has 0 radical (unpaired) electrons. The smallest absolute Gasteiger partial charge is 0.364 e. The van der Waals surface area contributed by atoms with Gasteiger partial charge in [0.15, 0.2) is 0 Å². The summed E-state index contributed by atoms with van der Waals surface area (Å²) in [7, 11) is 0. The highest BCUT2D eigenvalue weighted by atomic mass is 16.7. The summed E-state index contributed by atoms with van der Waals surface area (Å²) in [5.74, 6) is -1.32. The van der Waals surface area contributed by atoms with Gasteiger partial charge in [0.1, 0.15) is 0 Å². The fraction of sp³-hybridized carbons (Fsp3) is 0.657. The van der Waals surface area contributed by atoms with Crippen LogP contribution in [0.15, 0.2) is 35.7 Å². The molecular weight excluding hydrogens is 498 g/mol. The first kappa shape index (κ1) is 33.6. The van der Waals surface area contributed by atoms with Gasteiger partial charge in [0.25, 0.3) is 0 Å². The number of carbonyl (C=O) groups is 2. The fourth-order valence-corrected chi connectivity index (χ4v) is 5.51. The average molecular weight is 554 g/mol. The van der Waals surface area contributed by atoms with Crippen molar-refractivity contribution in [1.82, 2.24) is 5.06 Å². The lowest BCUT2D eigenvalue weighted by atomic mass is 9.92. The number of carbonyl (C=O) groups excluding carboxylic acids is 1. The molecule has 0 unspecified atom stereocenters. The van der Waals surface area contributed by atoms with Crippen molar-refractivity contribution in [3.8, 4) is 0 Å². The van der Waals surface area contributed by atoms with Gasteiger partial charge in [0.2, 0.25) is 0 Å². The van der Waals surface area contributed by atoms with Crippen molar-refractivity contribution in [2.75, 3.05) is 0 Å². The zero-order chi connectivity index (χ0) is 29.5. The van der Waals surface area contributed by atoms with Crippen molar-refractivity contribution < 1.29 is 19.5 Å². The average Bonchev–Trinajstić information content (AvgIpc) is 2.91. The first-order chi connectivity index (χ1) is 19.2. The lowest BCUT2D eigenvalue weighted by Gasteiger charge is -2.34. The highest BCUT2D eigenvalue weighted by molar-refractivity contribution is 6.03. The van der Waals surface area contributed by atoms with Crippen molar-refractivity contribution in [3.05, 3.63) is 57.9 Å². The van der Waals surface area contributed by atoms with Crippen LogP contribution in [0.2, 0.25) is 0 Å². The fourth-order valence-electron chi connectivity index (χ4n) is 5.51. The van der Waals surface area contributed by atoms with E-state index in [0.29, 0.717) is 6.42 Å². The van der Waals surface area contributed by atoms with Crippen LogP contribution in [0.1, 0.15) is 157 Å². The molecule has 0 saturated carbocycles. The van der Waals surface area contributed by atoms with Crippen molar-refractivity contribution in [3.63, 3.8) is 0 Å². The van der Waals surface area contributed by atoms with E-state index < -0.39 is 11.9 Å². The third-order valence-corrected chi connectivity index (χ3v) is 7.81. The first-order valence-electron chi connectivity index (χ1n) is 16.0. The summed E-state index contributed by atoms with van der Waals surface area (Å²) in [6.45, 7) is 12.8. The number of carboxylic acids is 1. The Labute approximate surface area is 244 Å². The van der Waals surface area contributed by atoms with E-state index in [1.165, 1.54) is 44.9 Å². The molecule has 1 heterocycles. The summed E-state index contributed by atoms with van der Waals surface area (Å²) >= 11 is 0. The maximum Gasteiger partial charge on any atom is 0.364 e. The van der Waals surface area contributed by atoms with Gasteiger partial charge in [-0.05, 0) is 61.1 Å². The van der Waals surface area contributed by atoms with Gasteiger partial charge in [-0.3, -0.25) is 0 Å².